The molecule has 5 rings (SSSR count). The highest BCUT2D eigenvalue weighted by atomic mass is 32.2. The van der Waals surface area contributed by atoms with Crippen molar-refractivity contribution in [2.24, 2.45) is 0 Å². The molecule has 1 N–H and O–H groups in total. The van der Waals surface area contributed by atoms with Crippen LogP contribution in [-0.2, 0) is 29.3 Å². The molecule has 0 bridgehead atoms. The molecule has 154 valence electrons. The summed E-state index contributed by atoms with van der Waals surface area (Å²) in [6.07, 6.45) is 7.34. The van der Waals surface area contributed by atoms with Crippen LogP contribution < -0.4 is 9.62 Å². The van der Waals surface area contributed by atoms with E-state index in [0.717, 1.165) is 67.0 Å². The highest BCUT2D eigenvalue weighted by molar-refractivity contribution is 7.88. The number of rotatable bonds is 4. The SMILES string of the molecule is Cc1cc(-c2nc(N3CC[C@@H]3C)nc3c2CCC3)cc2c1C(NS(C)(=O)=O)CC2. The first-order valence-corrected chi connectivity index (χ1v) is 12.5. The molecular formula is C22H28N4O2S. The minimum atomic E-state index is -3.23. The van der Waals surface area contributed by atoms with Crippen LogP contribution in [0, 0.1) is 6.92 Å². The molecule has 7 heteroatoms. The summed E-state index contributed by atoms with van der Waals surface area (Å²) in [5.74, 6) is 0.870. The summed E-state index contributed by atoms with van der Waals surface area (Å²) in [7, 11) is -3.23. The number of nitrogens with zero attached hydrogens (tertiary/aromatic N) is 3. The largest absolute Gasteiger partial charge is 0.338 e. The van der Waals surface area contributed by atoms with Crippen LogP contribution in [0.5, 0.6) is 0 Å². The number of nitrogens with one attached hydrogen (secondary N) is 1. The van der Waals surface area contributed by atoms with Crippen molar-refractivity contribution in [2.45, 2.75) is 64.5 Å². The average molecular weight is 413 g/mol. The topological polar surface area (TPSA) is 75.2 Å². The van der Waals surface area contributed by atoms with Crippen LogP contribution in [0.3, 0.4) is 0 Å². The highest BCUT2D eigenvalue weighted by Gasteiger charge is 2.31. The van der Waals surface area contributed by atoms with Crippen molar-refractivity contribution in [3.05, 3.63) is 40.1 Å². The molecular weight excluding hydrogens is 384 g/mol. The van der Waals surface area contributed by atoms with E-state index >= 15 is 0 Å². The molecule has 1 aromatic heterocycles. The zero-order valence-corrected chi connectivity index (χ0v) is 18.1. The monoisotopic (exact) mass is 412 g/mol. The highest BCUT2D eigenvalue weighted by Crippen LogP contribution is 2.39. The molecule has 1 saturated heterocycles. The summed E-state index contributed by atoms with van der Waals surface area (Å²) in [4.78, 5) is 12.2. The Kier molecular flexibility index (Phi) is 4.44. The Labute approximate surface area is 172 Å². The van der Waals surface area contributed by atoms with Gasteiger partial charge in [0, 0.05) is 35.4 Å². The van der Waals surface area contributed by atoms with E-state index in [1.165, 1.54) is 29.5 Å². The first kappa shape index (κ1) is 19.0. The van der Waals surface area contributed by atoms with Gasteiger partial charge in [0.05, 0.1) is 11.9 Å². The molecule has 3 aliphatic rings. The Balaban J connectivity index is 1.58. The fraction of sp³-hybridized carbons (Fsp3) is 0.545. The van der Waals surface area contributed by atoms with Gasteiger partial charge in [-0.25, -0.2) is 23.1 Å². The molecule has 0 spiro atoms. The van der Waals surface area contributed by atoms with Gasteiger partial charge in [0.25, 0.3) is 0 Å². The van der Waals surface area contributed by atoms with Crippen LogP contribution in [0.1, 0.15) is 60.2 Å². The van der Waals surface area contributed by atoms with E-state index in [2.05, 4.69) is 35.6 Å². The first-order valence-electron chi connectivity index (χ1n) is 10.6. The summed E-state index contributed by atoms with van der Waals surface area (Å²) in [5, 5.41) is 0. The van der Waals surface area contributed by atoms with Gasteiger partial charge in [-0.15, -0.1) is 0 Å². The van der Waals surface area contributed by atoms with Gasteiger partial charge in [0.2, 0.25) is 16.0 Å². The van der Waals surface area contributed by atoms with Gasteiger partial charge in [-0.1, -0.05) is 0 Å². The van der Waals surface area contributed by atoms with Crippen LogP contribution in [0.2, 0.25) is 0 Å². The molecule has 2 heterocycles. The molecule has 0 saturated carbocycles. The maximum absolute atomic E-state index is 11.8. The molecule has 29 heavy (non-hydrogen) atoms. The van der Waals surface area contributed by atoms with Crippen molar-refractivity contribution >= 4 is 16.0 Å². The third-order valence-electron chi connectivity index (χ3n) is 6.65. The van der Waals surface area contributed by atoms with Crippen LogP contribution >= 0.6 is 0 Å². The normalized spacial score (nSPS) is 23.1. The molecule has 2 aromatic rings. The Morgan fingerprint density at radius 2 is 1.97 bits per heavy atom. The van der Waals surface area contributed by atoms with Crippen LogP contribution in [0.15, 0.2) is 12.1 Å². The number of hydrogen-bond acceptors (Lipinski definition) is 5. The number of sulfonamides is 1. The first-order chi connectivity index (χ1) is 13.8. The average Bonchev–Trinajstić information content (AvgIpc) is 3.25. The summed E-state index contributed by atoms with van der Waals surface area (Å²) in [5.41, 5.74) is 8.25. The van der Waals surface area contributed by atoms with Crippen LogP contribution in [0.4, 0.5) is 5.95 Å². The third-order valence-corrected chi connectivity index (χ3v) is 7.36. The lowest BCUT2D eigenvalue weighted by Crippen LogP contribution is -2.46. The molecule has 6 nitrogen and oxygen atoms in total. The molecule has 2 aliphatic carbocycles. The maximum atomic E-state index is 11.8. The van der Waals surface area contributed by atoms with E-state index in [1.807, 2.05) is 0 Å². The van der Waals surface area contributed by atoms with Crippen molar-refractivity contribution in [1.29, 1.82) is 0 Å². The Hall–Kier alpha value is -1.99. The molecule has 1 fully saturated rings. The lowest BCUT2D eigenvalue weighted by Gasteiger charge is -2.39. The number of aryl methyl sites for hydroxylation is 3. The van der Waals surface area contributed by atoms with Crippen molar-refractivity contribution in [2.75, 3.05) is 17.7 Å². The quantitative estimate of drug-likeness (QED) is 0.835. The number of fused-ring (bicyclic) bond motifs is 2. The van der Waals surface area contributed by atoms with Crippen molar-refractivity contribution < 1.29 is 8.42 Å². The molecule has 1 unspecified atom stereocenters. The van der Waals surface area contributed by atoms with Gasteiger partial charge < -0.3 is 4.90 Å². The number of anilines is 1. The van der Waals surface area contributed by atoms with Crippen molar-refractivity contribution in [3.8, 4) is 11.3 Å². The smallest absolute Gasteiger partial charge is 0.226 e. The lowest BCUT2D eigenvalue weighted by molar-refractivity contribution is 0.470. The van der Waals surface area contributed by atoms with E-state index in [4.69, 9.17) is 9.97 Å². The summed E-state index contributed by atoms with van der Waals surface area (Å²) < 4.78 is 26.3. The predicted octanol–water partition coefficient (Wildman–Crippen LogP) is 3.08. The minimum Gasteiger partial charge on any atom is -0.338 e. The third kappa shape index (κ3) is 3.34. The van der Waals surface area contributed by atoms with Gasteiger partial charge in [0.15, 0.2) is 0 Å². The van der Waals surface area contributed by atoms with E-state index < -0.39 is 10.0 Å². The van der Waals surface area contributed by atoms with Gasteiger partial charge in [-0.3, -0.25) is 0 Å². The molecule has 1 aromatic carbocycles. The maximum Gasteiger partial charge on any atom is 0.226 e. The van der Waals surface area contributed by atoms with E-state index in [0.29, 0.717) is 6.04 Å². The molecule has 2 atom stereocenters. The number of benzene rings is 1. The van der Waals surface area contributed by atoms with Crippen molar-refractivity contribution in [1.82, 2.24) is 14.7 Å². The predicted molar refractivity (Wildman–Crippen MR) is 115 cm³/mol. The zero-order chi connectivity index (χ0) is 20.3. The van der Waals surface area contributed by atoms with E-state index in [1.54, 1.807) is 0 Å². The van der Waals surface area contributed by atoms with Gasteiger partial charge in [-0.2, -0.15) is 0 Å². The summed E-state index contributed by atoms with van der Waals surface area (Å²) >= 11 is 0. The second-order valence-electron chi connectivity index (χ2n) is 8.83. The van der Waals surface area contributed by atoms with Gasteiger partial charge in [-0.05, 0) is 81.2 Å². The Morgan fingerprint density at radius 3 is 2.66 bits per heavy atom. The lowest BCUT2D eigenvalue weighted by atomic mass is 9.95. The molecule has 1 aliphatic heterocycles. The Bertz CT molecular complexity index is 1100. The Morgan fingerprint density at radius 1 is 1.14 bits per heavy atom. The van der Waals surface area contributed by atoms with E-state index in [-0.39, 0.29) is 6.04 Å². The fourth-order valence-electron chi connectivity index (χ4n) is 5.13. The fourth-order valence-corrected chi connectivity index (χ4v) is 5.89. The number of aromatic nitrogens is 2. The van der Waals surface area contributed by atoms with Crippen LogP contribution in [-0.4, -0.2) is 37.2 Å². The standard InChI is InChI=1S/C22H28N4O2S/c1-13-11-16(12-15-7-8-19(20(13)15)25-29(3,27)28)21-17-5-4-6-18(17)23-22(24-21)26-10-9-14(26)2/h11-12,14,19,25H,4-10H2,1-3H3/t14-,19?/m0/s1. The zero-order valence-electron chi connectivity index (χ0n) is 17.3. The molecule has 0 amide bonds. The van der Waals surface area contributed by atoms with Crippen molar-refractivity contribution in [3.63, 3.8) is 0 Å². The summed E-state index contributed by atoms with van der Waals surface area (Å²) in [6, 6.07) is 4.80. The van der Waals surface area contributed by atoms with Crippen LogP contribution in [0.25, 0.3) is 11.3 Å². The molecule has 0 radical (unpaired) electrons. The minimum absolute atomic E-state index is 0.123. The van der Waals surface area contributed by atoms with Gasteiger partial charge >= 0.3 is 0 Å². The summed E-state index contributed by atoms with van der Waals surface area (Å²) in [6.45, 7) is 5.35. The second kappa shape index (κ2) is 6.77. The van der Waals surface area contributed by atoms with Gasteiger partial charge in [0.1, 0.15) is 0 Å². The second-order valence-corrected chi connectivity index (χ2v) is 10.6. The van der Waals surface area contributed by atoms with E-state index in [9.17, 15) is 8.42 Å². The number of hydrogen-bond donors (Lipinski definition) is 1.